The van der Waals surface area contributed by atoms with Gasteiger partial charge in [0, 0.05) is 0 Å². The third-order valence-electron chi connectivity index (χ3n) is 3.04. The van der Waals surface area contributed by atoms with E-state index in [0.717, 1.165) is 0 Å². The van der Waals surface area contributed by atoms with Gasteiger partial charge < -0.3 is 15.2 Å². The number of carbonyl (C=O) groups excluding carboxylic acids is 1. The topological polar surface area (TPSA) is 75.6 Å². The summed E-state index contributed by atoms with van der Waals surface area (Å²) in [5.41, 5.74) is -2.85. The minimum Gasteiger partial charge on any atom is -0.480 e. The van der Waals surface area contributed by atoms with Crippen LogP contribution in [0.15, 0.2) is 0 Å². The van der Waals surface area contributed by atoms with Crippen molar-refractivity contribution in [3.8, 4) is 0 Å². The summed E-state index contributed by atoms with van der Waals surface area (Å²) in [6.07, 6.45) is -6.41. The number of aliphatic carboxylic acids is 1. The molecule has 0 heterocycles. The van der Waals surface area contributed by atoms with Gasteiger partial charge in [-0.05, 0) is 40.0 Å². The van der Waals surface area contributed by atoms with Crippen LogP contribution >= 0.6 is 0 Å². The van der Waals surface area contributed by atoms with Gasteiger partial charge in [-0.3, -0.25) is 0 Å². The summed E-state index contributed by atoms with van der Waals surface area (Å²) < 4.78 is 43.2. The zero-order chi connectivity index (χ0) is 15.8. The lowest BCUT2D eigenvalue weighted by Gasteiger charge is -2.25. The smallest absolute Gasteiger partial charge is 0.408 e. The number of hydrogen-bond donors (Lipinski definition) is 2. The van der Waals surface area contributed by atoms with Gasteiger partial charge in [-0.15, -0.1) is 0 Å². The second kappa shape index (κ2) is 5.14. The molecular formula is C12H18F3NO4. The van der Waals surface area contributed by atoms with Gasteiger partial charge in [-0.1, -0.05) is 0 Å². The Labute approximate surface area is 114 Å². The van der Waals surface area contributed by atoms with Crippen molar-refractivity contribution in [2.24, 2.45) is 5.41 Å². The Hall–Kier alpha value is -1.47. The largest absolute Gasteiger partial charge is 0.480 e. The first kappa shape index (κ1) is 16.6. The first-order valence-corrected chi connectivity index (χ1v) is 6.15. The molecule has 1 aliphatic carbocycles. The number of amides is 1. The van der Waals surface area contributed by atoms with Gasteiger partial charge >= 0.3 is 18.2 Å². The van der Waals surface area contributed by atoms with Crippen LogP contribution in [0.4, 0.5) is 18.0 Å². The first-order valence-electron chi connectivity index (χ1n) is 6.15. The van der Waals surface area contributed by atoms with E-state index in [9.17, 15) is 22.8 Å². The second-order valence-electron chi connectivity index (χ2n) is 6.02. The van der Waals surface area contributed by atoms with E-state index in [4.69, 9.17) is 9.84 Å². The molecule has 0 aliphatic heterocycles. The van der Waals surface area contributed by atoms with Gasteiger partial charge in [0.15, 0.2) is 0 Å². The number of rotatable bonds is 4. The Morgan fingerprint density at radius 1 is 1.30 bits per heavy atom. The minimum atomic E-state index is -4.46. The normalized spacial score (nSPS) is 19.1. The number of alkyl halides is 3. The summed E-state index contributed by atoms with van der Waals surface area (Å²) in [6.45, 7) is 4.71. The average molecular weight is 297 g/mol. The summed E-state index contributed by atoms with van der Waals surface area (Å²) in [6, 6.07) is -1.62. The lowest BCUT2D eigenvalue weighted by molar-refractivity contribution is -0.191. The molecule has 20 heavy (non-hydrogen) atoms. The fraction of sp³-hybridized carbons (Fsp3) is 0.833. The predicted octanol–water partition coefficient (Wildman–Crippen LogP) is 2.70. The molecular weight excluding hydrogens is 279 g/mol. The van der Waals surface area contributed by atoms with Crippen LogP contribution in [0.1, 0.15) is 40.0 Å². The Morgan fingerprint density at radius 3 is 2.10 bits per heavy atom. The zero-order valence-electron chi connectivity index (χ0n) is 11.5. The van der Waals surface area contributed by atoms with Crippen LogP contribution in [0, 0.1) is 5.41 Å². The Kier molecular flexibility index (Phi) is 4.26. The van der Waals surface area contributed by atoms with Gasteiger partial charge in [-0.2, -0.15) is 13.2 Å². The molecule has 1 amide bonds. The fourth-order valence-corrected chi connectivity index (χ4v) is 1.79. The Morgan fingerprint density at radius 2 is 1.80 bits per heavy atom. The first-order chi connectivity index (χ1) is 8.86. The molecule has 2 N–H and O–H groups in total. The van der Waals surface area contributed by atoms with E-state index in [-0.39, 0.29) is 12.8 Å². The van der Waals surface area contributed by atoms with Crippen molar-refractivity contribution in [2.75, 3.05) is 0 Å². The van der Waals surface area contributed by atoms with Gasteiger partial charge in [0.2, 0.25) is 0 Å². The Bertz CT molecular complexity index is 396. The zero-order valence-corrected chi connectivity index (χ0v) is 11.5. The highest BCUT2D eigenvalue weighted by atomic mass is 19.4. The summed E-state index contributed by atoms with van der Waals surface area (Å²) in [4.78, 5) is 22.4. The van der Waals surface area contributed by atoms with Crippen molar-refractivity contribution < 1.29 is 32.6 Å². The predicted molar refractivity (Wildman–Crippen MR) is 63.1 cm³/mol. The number of hydrogen-bond acceptors (Lipinski definition) is 3. The van der Waals surface area contributed by atoms with Crippen LogP contribution in [0.2, 0.25) is 0 Å². The van der Waals surface area contributed by atoms with Crippen molar-refractivity contribution in [3.63, 3.8) is 0 Å². The number of alkyl carbamates (subject to hydrolysis) is 1. The van der Waals surface area contributed by atoms with E-state index < -0.39 is 41.7 Å². The molecule has 116 valence electrons. The van der Waals surface area contributed by atoms with Gasteiger partial charge in [0.25, 0.3) is 0 Å². The molecule has 1 saturated carbocycles. The van der Waals surface area contributed by atoms with E-state index in [0.29, 0.717) is 0 Å². The maximum Gasteiger partial charge on any atom is 0.408 e. The SMILES string of the molecule is CC(C)(C)OC(=O)N[C@@H](CC1(C(F)(F)F)CC1)C(=O)O. The van der Waals surface area contributed by atoms with Crippen LogP contribution in [-0.4, -0.2) is 35.0 Å². The maximum atomic E-state index is 12.8. The maximum absolute atomic E-state index is 12.8. The lowest BCUT2D eigenvalue weighted by atomic mass is 9.96. The van der Waals surface area contributed by atoms with Crippen molar-refractivity contribution in [2.45, 2.75) is 57.9 Å². The molecule has 0 saturated heterocycles. The fourth-order valence-electron chi connectivity index (χ4n) is 1.79. The molecule has 1 aliphatic rings. The molecule has 1 atom stereocenters. The van der Waals surface area contributed by atoms with Crippen LogP contribution in [0.25, 0.3) is 0 Å². The average Bonchev–Trinajstić information content (AvgIpc) is 2.93. The lowest BCUT2D eigenvalue weighted by Crippen LogP contribution is -2.46. The van der Waals surface area contributed by atoms with Gasteiger partial charge in [0.05, 0.1) is 5.41 Å². The van der Waals surface area contributed by atoms with E-state index in [2.05, 4.69) is 0 Å². The highest BCUT2D eigenvalue weighted by molar-refractivity contribution is 5.80. The van der Waals surface area contributed by atoms with E-state index >= 15 is 0 Å². The highest BCUT2D eigenvalue weighted by Gasteiger charge is 2.64. The molecule has 5 nitrogen and oxygen atoms in total. The summed E-state index contributed by atoms with van der Waals surface area (Å²) >= 11 is 0. The molecule has 8 heteroatoms. The standard InChI is InChI=1S/C12H18F3NO4/c1-10(2,3)20-9(19)16-7(8(17)18)6-11(4-5-11)12(13,14)15/h7H,4-6H2,1-3H3,(H,16,19)(H,17,18)/t7-/m0/s1. The quantitative estimate of drug-likeness (QED) is 0.836. The number of nitrogens with one attached hydrogen (secondary N) is 1. The third kappa shape index (κ3) is 4.28. The number of carboxylic acid groups (broad SMARTS) is 1. The molecule has 1 rings (SSSR count). The number of halogens is 3. The van der Waals surface area contributed by atoms with Crippen LogP contribution in [-0.2, 0) is 9.53 Å². The third-order valence-corrected chi connectivity index (χ3v) is 3.04. The highest BCUT2D eigenvalue weighted by Crippen LogP contribution is 2.60. The molecule has 0 aromatic heterocycles. The molecule has 0 radical (unpaired) electrons. The molecule has 0 aromatic carbocycles. The van der Waals surface area contributed by atoms with E-state index in [1.807, 2.05) is 5.32 Å². The van der Waals surface area contributed by atoms with Crippen molar-refractivity contribution in [1.29, 1.82) is 0 Å². The Balaban J connectivity index is 2.68. The van der Waals surface area contributed by atoms with Crippen LogP contribution < -0.4 is 5.32 Å². The minimum absolute atomic E-state index is 0.115. The van der Waals surface area contributed by atoms with E-state index in [1.165, 1.54) is 0 Å². The van der Waals surface area contributed by atoms with Crippen LogP contribution in [0.3, 0.4) is 0 Å². The second-order valence-corrected chi connectivity index (χ2v) is 6.02. The van der Waals surface area contributed by atoms with Gasteiger partial charge in [-0.25, -0.2) is 9.59 Å². The van der Waals surface area contributed by atoms with E-state index in [1.54, 1.807) is 20.8 Å². The molecule has 1 fully saturated rings. The number of carbonyl (C=O) groups is 2. The molecule has 0 aromatic rings. The molecule has 0 unspecified atom stereocenters. The molecule has 0 bridgehead atoms. The van der Waals surface area contributed by atoms with Crippen molar-refractivity contribution >= 4 is 12.1 Å². The monoisotopic (exact) mass is 297 g/mol. The van der Waals surface area contributed by atoms with Crippen molar-refractivity contribution in [3.05, 3.63) is 0 Å². The summed E-state index contributed by atoms with van der Waals surface area (Å²) in [5.74, 6) is -1.51. The number of carboxylic acids is 1. The summed E-state index contributed by atoms with van der Waals surface area (Å²) in [7, 11) is 0. The molecule has 0 spiro atoms. The van der Waals surface area contributed by atoms with Crippen LogP contribution in [0.5, 0.6) is 0 Å². The van der Waals surface area contributed by atoms with Crippen molar-refractivity contribution in [1.82, 2.24) is 5.32 Å². The summed E-state index contributed by atoms with van der Waals surface area (Å²) in [5, 5.41) is 10.9. The number of ether oxygens (including phenoxy) is 1. The van der Waals surface area contributed by atoms with Gasteiger partial charge in [0.1, 0.15) is 11.6 Å².